The van der Waals surface area contributed by atoms with Crippen molar-refractivity contribution in [1.29, 1.82) is 0 Å². The quantitative estimate of drug-likeness (QED) is 0.135. The van der Waals surface area contributed by atoms with Gasteiger partial charge in [-0.05, 0) is 54.3 Å². The minimum absolute atomic E-state index is 0.0116. The maximum absolute atomic E-state index is 13.6. The number of hydrogen-bond acceptors (Lipinski definition) is 8. The fourth-order valence-electron chi connectivity index (χ4n) is 4.70. The molecule has 6 rings (SSSR count). The lowest BCUT2D eigenvalue weighted by Gasteiger charge is -2.14. The molecule has 3 aromatic carbocycles. The molecule has 3 heterocycles. The summed E-state index contributed by atoms with van der Waals surface area (Å²) in [4.78, 5) is 30.8. The SMILES string of the molecule is O=C(CCCCCn1c(SCc2ccc(Cl)cc2)nc2cc3c(cc2c1=O)OCO3)NCc1ccc2c(c1)OCO2. The van der Waals surface area contributed by atoms with Crippen LogP contribution in [0.25, 0.3) is 10.9 Å². The minimum atomic E-state index is -0.117. The number of hydrogen-bond donors (Lipinski definition) is 1. The van der Waals surface area contributed by atoms with E-state index in [1.54, 1.807) is 16.7 Å². The number of aromatic nitrogens is 2. The Morgan fingerprint density at radius 3 is 2.39 bits per heavy atom. The summed E-state index contributed by atoms with van der Waals surface area (Å²) in [6, 6.07) is 16.8. The summed E-state index contributed by atoms with van der Waals surface area (Å²) in [5.41, 5.74) is 2.50. The second kappa shape index (κ2) is 12.3. The standard InChI is InChI=1S/C30H28ClN3O6S/c31-21-8-5-19(6-9-21)16-41-30-33-23-14-27-26(39-18-40-27)13-22(23)29(36)34(30)11-3-1-2-4-28(35)32-15-20-7-10-24-25(12-20)38-17-37-24/h5-10,12-14H,1-4,11,15-18H2,(H,32,35). The van der Waals surface area contributed by atoms with Crippen LogP contribution in [0.15, 0.2) is 64.5 Å². The molecule has 0 saturated carbocycles. The van der Waals surface area contributed by atoms with E-state index in [4.69, 9.17) is 35.5 Å². The third-order valence-electron chi connectivity index (χ3n) is 6.91. The van der Waals surface area contributed by atoms with Gasteiger partial charge in [0.2, 0.25) is 19.5 Å². The zero-order valence-electron chi connectivity index (χ0n) is 22.2. The molecule has 0 fully saturated rings. The number of rotatable bonds is 11. The molecule has 1 amide bonds. The lowest BCUT2D eigenvalue weighted by atomic mass is 10.1. The molecule has 1 N–H and O–H groups in total. The van der Waals surface area contributed by atoms with E-state index in [1.165, 1.54) is 11.8 Å². The first kappa shape index (κ1) is 27.3. The Hall–Kier alpha value is -3.89. The summed E-state index contributed by atoms with van der Waals surface area (Å²) >= 11 is 7.54. The number of fused-ring (bicyclic) bond motifs is 3. The molecule has 1 aromatic heterocycles. The first-order valence-corrected chi connectivity index (χ1v) is 14.8. The molecule has 0 unspecified atom stereocenters. The largest absolute Gasteiger partial charge is 0.454 e. The van der Waals surface area contributed by atoms with Gasteiger partial charge in [0.15, 0.2) is 28.2 Å². The zero-order valence-corrected chi connectivity index (χ0v) is 23.8. The molecule has 0 radical (unpaired) electrons. The lowest BCUT2D eigenvalue weighted by Crippen LogP contribution is -2.24. The predicted molar refractivity (Wildman–Crippen MR) is 156 cm³/mol. The van der Waals surface area contributed by atoms with Crippen LogP contribution in [0.2, 0.25) is 5.02 Å². The van der Waals surface area contributed by atoms with E-state index in [0.717, 1.165) is 29.7 Å². The van der Waals surface area contributed by atoms with Crippen molar-refractivity contribution in [1.82, 2.24) is 14.9 Å². The van der Waals surface area contributed by atoms with Gasteiger partial charge in [0.05, 0.1) is 10.9 Å². The van der Waals surface area contributed by atoms with Gasteiger partial charge in [0, 0.05) is 36.4 Å². The molecular formula is C30H28ClN3O6S. The van der Waals surface area contributed by atoms with Crippen molar-refractivity contribution >= 4 is 40.2 Å². The van der Waals surface area contributed by atoms with E-state index in [2.05, 4.69) is 5.32 Å². The van der Waals surface area contributed by atoms with Gasteiger partial charge in [-0.15, -0.1) is 0 Å². The Morgan fingerprint density at radius 2 is 1.59 bits per heavy atom. The molecule has 2 aliphatic rings. The third-order valence-corrected chi connectivity index (χ3v) is 8.21. The predicted octanol–water partition coefficient (Wildman–Crippen LogP) is 5.68. The average Bonchev–Trinajstić information content (AvgIpc) is 3.64. The summed E-state index contributed by atoms with van der Waals surface area (Å²) in [6.45, 7) is 1.28. The van der Waals surface area contributed by atoms with Crippen LogP contribution in [-0.4, -0.2) is 29.0 Å². The van der Waals surface area contributed by atoms with Gasteiger partial charge in [-0.25, -0.2) is 4.98 Å². The highest BCUT2D eigenvalue weighted by Gasteiger charge is 2.19. The van der Waals surface area contributed by atoms with E-state index < -0.39 is 0 Å². The summed E-state index contributed by atoms with van der Waals surface area (Å²) in [5, 5.41) is 4.77. The molecule has 41 heavy (non-hydrogen) atoms. The first-order valence-electron chi connectivity index (χ1n) is 13.4. The van der Waals surface area contributed by atoms with Crippen LogP contribution in [0.5, 0.6) is 23.0 Å². The van der Waals surface area contributed by atoms with Gasteiger partial charge < -0.3 is 24.3 Å². The van der Waals surface area contributed by atoms with E-state index in [1.807, 2.05) is 42.5 Å². The number of halogens is 1. The highest BCUT2D eigenvalue weighted by Crippen LogP contribution is 2.35. The van der Waals surface area contributed by atoms with Crippen molar-refractivity contribution in [2.24, 2.45) is 0 Å². The monoisotopic (exact) mass is 593 g/mol. The average molecular weight is 594 g/mol. The number of benzene rings is 3. The van der Waals surface area contributed by atoms with E-state index in [9.17, 15) is 9.59 Å². The summed E-state index contributed by atoms with van der Waals surface area (Å²) in [7, 11) is 0. The summed E-state index contributed by atoms with van der Waals surface area (Å²) < 4.78 is 23.4. The highest BCUT2D eigenvalue weighted by molar-refractivity contribution is 7.98. The van der Waals surface area contributed by atoms with E-state index >= 15 is 0 Å². The second-order valence-electron chi connectivity index (χ2n) is 9.76. The van der Waals surface area contributed by atoms with Crippen LogP contribution in [-0.2, 0) is 23.6 Å². The Bertz CT molecular complexity index is 1640. The number of thioether (sulfide) groups is 1. The molecule has 212 valence electrons. The van der Waals surface area contributed by atoms with Crippen LogP contribution >= 0.6 is 23.4 Å². The van der Waals surface area contributed by atoms with Crippen molar-refractivity contribution in [3.63, 3.8) is 0 Å². The van der Waals surface area contributed by atoms with Crippen molar-refractivity contribution < 1.29 is 23.7 Å². The van der Waals surface area contributed by atoms with Crippen molar-refractivity contribution in [2.45, 2.75) is 49.7 Å². The van der Waals surface area contributed by atoms with Crippen LogP contribution in [0.3, 0.4) is 0 Å². The van der Waals surface area contributed by atoms with Crippen LogP contribution < -0.4 is 29.8 Å². The Kier molecular flexibility index (Phi) is 8.20. The number of ether oxygens (including phenoxy) is 4. The molecule has 0 spiro atoms. The van der Waals surface area contributed by atoms with Crippen LogP contribution in [0.1, 0.15) is 36.8 Å². The lowest BCUT2D eigenvalue weighted by molar-refractivity contribution is -0.121. The highest BCUT2D eigenvalue weighted by atomic mass is 35.5. The molecule has 9 nitrogen and oxygen atoms in total. The van der Waals surface area contributed by atoms with Crippen molar-refractivity contribution in [3.05, 3.63) is 81.1 Å². The number of amides is 1. The van der Waals surface area contributed by atoms with Crippen LogP contribution in [0, 0.1) is 0 Å². The molecule has 0 atom stereocenters. The van der Waals surface area contributed by atoms with Gasteiger partial charge in [0.25, 0.3) is 5.56 Å². The number of nitrogens with one attached hydrogen (secondary N) is 1. The topological polar surface area (TPSA) is 101 Å². The van der Waals surface area contributed by atoms with Gasteiger partial charge in [-0.1, -0.05) is 48.0 Å². The molecule has 0 bridgehead atoms. The molecule has 0 aliphatic carbocycles. The number of unbranched alkanes of at least 4 members (excludes halogenated alkanes) is 2. The molecular weight excluding hydrogens is 566 g/mol. The maximum Gasteiger partial charge on any atom is 0.262 e. The van der Waals surface area contributed by atoms with E-state index in [-0.39, 0.29) is 25.1 Å². The third kappa shape index (κ3) is 6.39. The van der Waals surface area contributed by atoms with Crippen LogP contribution in [0.4, 0.5) is 0 Å². The fourth-order valence-corrected chi connectivity index (χ4v) is 5.81. The minimum Gasteiger partial charge on any atom is -0.454 e. The zero-order chi connectivity index (χ0) is 28.2. The number of nitrogens with zero attached hydrogens (tertiary/aromatic N) is 2. The number of carbonyl (C=O) groups is 1. The molecule has 2 aliphatic heterocycles. The normalized spacial score (nSPS) is 13.1. The van der Waals surface area contributed by atoms with Gasteiger partial charge in [-0.2, -0.15) is 0 Å². The summed E-state index contributed by atoms with van der Waals surface area (Å²) in [5.74, 6) is 3.19. The van der Waals surface area contributed by atoms with Crippen molar-refractivity contribution in [2.75, 3.05) is 13.6 Å². The maximum atomic E-state index is 13.6. The first-order chi connectivity index (χ1) is 20.0. The smallest absolute Gasteiger partial charge is 0.262 e. The Morgan fingerprint density at radius 1 is 0.878 bits per heavy atom. The van der Waals surface area contributed by atoms with E-state index in [0.29, 0.717) is 70.0 Å². The van der Waals surface area contributed by atoms with Gasteiger partial charge in [0.1, 0.15) is 0 Å². The Labute approximate surface area is 245 Å². The summed E-state index contributed by atoms with van der Waals surface area (Å²) in [6.07, 6.45) is 2.66. The molecule has 0 saturated heterocycles. The van der Waals surface area contributed by atoms with Gasteiger partial charge >= 0.3 is 0 Å². The molecule has 4 aromatic rings. The molecule has 11 heteroatoms. The van der Waals surface area contributed by atoms with Gasteiger partial charge in [-0.3, -0.25) is 14.2 Å². The number of carbonyl (C=O) groups excluding carboxylic acids is 1. The fraction of sp³-hybridized carbons (Fsp3) is 0.300. The van der Waals surface area contributed by atoms with Crippen molar-refractivity contribution in [3.8, 4) is 23.0 Å². The Balaban J connectivity index is 1.07. The second-order valence-corrected chi connectivity index (χ2v) is 11.1.